The lowest BCUT2D eigenvalue weighted by Gasteiger charge is -2.18. The monoisotopic (exact) mass is 889 g/mol. The molecule has 0 aliphatic rings. The maximum Gasteiger partial charge on any atom is 0.469 e. The van der Waals surface area contributed by atoms with E-state index < -0.39 is 32.5 Å². The van der Waals surface area contributed by atoms with Crippen molar-refractivity contribution in [3.63, 3.8) is 0 Å². The first-order valence-corrected chi connectivity index (χ1v) is 26.8. The third-order valence-electron chi connectivity index (χ3n) is 10.7. The van der Waals surface area contributed by atoms with Gasteiger partial charge < -0.3 is 19.3 Å². The summed E-state index contributed by atoms with van der Waals surface area (Å²) in [5.41, 5.74) is 0. The first-order chi connectivity index (χ1) is 30.3. The van der Waals surface area contributed by atoms with Crippen molar-refractivity contribution in [2.24, 2.45) is 0 Å². The van der Waals surface area contributed by atoms with E-state index in [0.29, 0.717) is 12.8 Å². The van der Waals surface area contributed by atoms with Crippen molar-refractivity contribution in [2.45, 2.75) is 238 Å². The zero-order chi connectivity index (χ0) is 45.3. The summed E-state index contributed by atoms with van der Waals surface area (Å²) in [6.07, 6.45) is 63.7. The molecule has 0 aliphatic heterocycles. The summed E-state index contributed by atoms with van der Waals surface area (Å²) in [5, 5.41) is 0. The second kappa shape index (κ2) is 48.0. The number of phosphoric acid groups is 1. The summed E-state index contributed by atoms with van der Waals surface area (Å²) >= 11 is 0. The second-order valence-electron chi connectivity index (χ2n) is 16.8. The molecule has 0 spiro atoms. The van der Waals surface area contributed by atoms with Crippen molar-refractivity contribution in [3.05, 3.63) is 72.9 Å². The number of hydrogen-bond acceptors (Lipinski definition) is 6. The minimum atomic E-state index is -4.79. The molecule has 0 fully saturated rings. The molecule has 0 aromatic carbocycles. The molecular formula is C53H93O8P. The molecule has 0 unspecified atom stereocenters. The Bertz CT molecular complexity index is 1230. The summed E-state index contributed by atoms with van der Waals surface area (Å²) in [5.74, 6) is -0.998. The Morgan fingerprint density at radius 2 is 0.742 bits per heavy atom. The van der Waals surface area contributed by atoms with Gasteiger partial charge in [0.15, 0.2) is 6.10 Å². The fourth-order valence-electron chi connectivity index (χ4n) is 6.92. The Labute approximate surface area is 380 Å². The number of ether oxygens (including phenoxy) is 2. The van der Waals surface area contributed by atoms with E-state index in [0.717, 1.165) is 51.4 Å². The van der Waals surface area contributed by atoms with Crippen LogP contribution in [0.2, 0.25) is 0 Å². The smallest absolute Gasteiger partial charge is 0.462 e. The van der Waals surface area contributed by atoms with E-state index in [2.05, 4.69) is 85.2 Å². The molecule has 2 N–H and O–H groups in total. The van der Waals surface area contributed by atoms with Crippen LogP contribution in [0.3, 0.4) is 0 Å². The van der Waals surface area contributed by atoms with Crippen molar-refractivity contribution in [3.8, 4) is 0 Å². The Morgan fingerprint density at radius 3 is 1.15 bits per heavy atom. The maximum absolute atomic E-state index is 12.4. The second-order valence-corrected chi connectivity index (χ2v) is 18.0. The lowest BCUT2D eigenvalue weighted by atomic mass is 10.0. The van der Waals surface area contributed by atoms with E-state index in [4.69, 9.17) is 19.3 Å². The summed E-state index contributed by atoms with van der Waals surface area (Å²) in [6.45, 7) is 3.63. The molecule has 9 heteroatoms. The van der Waals surface area contributed by atoms with Gasteiger partial charge in [0, 0.05) is 12.8 Å². The van der Waals surface area contributed by atoms with E-state index in [9.17, 15) is 14.2 Å². The number of rotatable bonds is 46. The maximum atomic E-state index is 12.4. The van der Waals surface area contributed by atoms with Crippen LogP contribution in [0, 0.1) is 0 Å². The van der Waals surface area contributed by atoms with Gasteiger partial charge in [-0.3, -0.25) is 14.1 Å². The van der Waals surface area contributed by atoms with Crippen molar-refractivity contribution in [1.29, 1.82) is 0 Å². The third-order valence-corrected chi connectivity index (χ3v) is 11.2. The number of phosphoric ester groups is 1. The van der Waals surface area contributed by atoms with Crippen molar-refractivity contribution >= 4 is 19.8 Å². The van der Waals surface area contributed by atoms with Crippen molar-refractivity contribution in [1.82, 2.24) is 0 Å². The minimum Gasteiger partial charge on any atom is -0.462 e. The zero-order valence-corrected chi connectivity index (χ0v) is 40.6. The van der Waals surface area contributed by atoms with Crippen LogP contribution < -0.4 is 0 Å². The van der Waals surface area contributed by atoms with Crippen LogP contribution in [0.5, 0.6) is 0 Å². The molecule has 0 saturated heterocycles. The van der Waals surface area contributed by atoms with Crippen LogP contribution in [-0.4, -0.2) is 41.0 Å². The summed E-state index contributed by atoms with van der Waals surface area (Å²) in [7, 11) is -4.79. The Balaban J connectivity index is 3.98. The predicted octanol–water partition coefficient (Wildman–Crippen LogP) is 16.2. The molecular weight excluding hydrogens is 796 g/mol. The SMILES string of the molecule is CCCCCCCCC/C=C/C/C=C/C/C=C/C/C=C/CCCC(=O)OC[C@H](COP(=O)(O)O)OC(=O)CCC/C=C/CC/C=C/CCCCCCCCCCCCCCCC. The quantitative estimate of drug-likeness (QED) is 0.0268. The fourth-order valence-corrected chi connectivity index (χ4v) is 7.28. The topological polar surface area (TPSA) is 119 Å². The highest BCUT2D eigenvalue weighted by atomic mass is 31.2. The first-order valence-electron chi connectivity index (χ1n) is 25.2. The van der Waals surface area contributed by atoms with Crippen LogP contribution >= 0.6 is 7.82 Å². The van der Waals surface area contributed by atoms with Crippen LogP contribution in [0.25, 0.3) is 0 Å². The molecule has 0 amide bonds. The summed E-state index contributed by atoms with van der Waals surface area (Å²) in [6, 6.07) is 0. The molecule has 0 saturated carbocycles. The highest BCUT2D eigenvalue weighted by Crippen LogP contribution is 2.36. The number of allylic oxidation sites excluding steroid dienone is 12. The summed E-state index contributed by atoms with van der Waals surface area (Å²) in [4.78, 5) is 43.0. The third kappa shape index (κ3) is 50.1. The highest BCUT2D eigenvalue weighted by Gasteiger charge is 2.22. The Hall–Kier alpha value is -2.51. The number of esters is 2. The average Bonchev–Trinajstić information content (AvgIpc) is 3.25. The molecule has 0 rings (SSSR count). The van der Waals surface area contributed by atoms with E-state index in [1.54, 1.807) is 0 Å². The average molecular weight is 889 g/mol. The number of carbonyl (C=O) groups excluding carboxylic acids is 2. The molecule has 8 nitrogen and oxygen atoms in total. The fraction of sp³-hybridized carbons (Fsp3) is 0.736. The van der Waals surface area contributed by atoms with Crippen molar-refractivity contribution in [2.75, 3.05) is 13.2 Å². The molecule has 358 valence electrons. The van der Waals surface area contributed by atoms with E-state index in [1.165, 1.54) is 141 Å². The summed E-state index contributed by atoms with van der Waals surface area (Å²) < 4.78 is 26.4. The highest BCUT2D eigenvalue weighted by molar-refractivity contribution is 7.46. The zero-order valence-electron chi connectivity index (χ0n) is 39.8. The Kier molecular flexibility index (Phi) is 46.0. The van der Waals surface area contributed by atoms with E-state index >= 15 is 0 Å². The van der Waals surface area contributed by atoms with Gasteiger partial charge >= 0.3 is 19.8 Å². The largest absolute Gasteiger partial charge is 0.469 e. The number of carbonyl (C=O) groups is 2. The van der Waals surface area contributed by atoms with Crippen LogP contribution in [-0.2, 0) is 28.2 Å². The van der Waals surface area contributed by atoms with E-state index in [-0.39, 0.29) is 19.4 Å². The van der Waals surface area contributed by atoms with Gasteiger partial charge in [-0.2, -0.15) is 0 Å². The first kappa shape index (κ1) is 59.5. The number of hydrogen-bond donors (Lipinski definition) is 2. The minimum absolute atomic E-state index is 0.138. The van der Waals surface area contributed by atoms with Crippen LogP contribution in [0.15, 0.2) is 72.9 Å². The predicted molar refractivity (Wildman–Crippen MR) is 262 cm³/mol. The lowest BCUT2D eigenvalue weighted by molar-refractivity contribution is -0.161. The van der Waals surface area contributed by atoms with Gasteiger partial charge in [0.1, 0.15) is 6.61 Å². The molecule has 0 aromatic heterocycles. The van der Waals surface area contributed by atoms with Gasteiger partial charge in [-0.15, -0.1) is 0 Å². The van der Waals surface area contributed by atoms with Crippen molar-refractivity contribution < 1.29 is 37.9 Å². The van der Waals surface area contributed by atoms with Crippen LogP contribution in [0.1, 0.15) is 232 Å². The lowest BCUT2D eigenvalue weighted by Crippen LogP contribution is -2.29. The molecule has 1 atom stereocenters. The molecule has 0 radical (unpaired) electrons. The van der Waals surface area contributed by atoms with Gasteiger partial charge in [0.25, 0.3) is 0 Å². The number of unbranched alkanes of at least 4 members (excludes halogenated alkanes) is 24. The van der Waals surface area contributed by atoms with E-state index in [1.807, 2.05) is 6.08 Å². The van der Waals surface area contributed by atoms with Crippen LogP contribution in [0.4, 0.5) is 0 Å². The normalized spacial score (nSPS) is 13.0. The Morgan fingerprint density at radius 1 is 0.419 bits per heavy atom. The molecule has 0 aromatic rings. The molecule has 0 bridgehead atoms. The van der Waals surface area contributed by atoms with Gasteiger partial charge in [0.05, 0.1) is 6.61 Å². The molecule has 62 heavy (non-hydrogen) atoms. The molecule has 0 aliphatic carbocycles. The van der Waals surface area contributed by atoms with Gasteiger partial charge in [0.2, 0.25) is 0 Å². The van der Waals surface area contributed by atoms with Gasteiger partial charge in [-0.05, 0) is 83.5 Å². The standard InChI is InChI=1S/C53H93O8P/c1-3-5-7-9-11-13-15-17-19-21-23-25-26-28-30-32-34-36-38-40-42-44-46-48-53(55)61-51(50-60-62(56,57)58)49-59-52(54)47-45-43-41-39-37-35-33-31-29-27-24-22-20-18-16-14-12-10-8-6-4-2/h20,22,27,29,32-35,39-42,51H,3-19,21,23-26,28,30-31,36-38,43-50H2,1-2H3,(H2,56,57,58)/b22-20+,29-27+,34-32+,35-33+,41-39+,42-40+/t51-/m1/s1. The van der Waals surface area contributed by atoms with Gasteiger partial charge in [-0.1, -0.05) is 209 Å². The molecule has 0 heterocycles. The van der Waals surface area contributed by atoms with Gasteiger partial charge in [-0.25, -0.2) is 4.57 Å².